The van der Waals surface area contributed by atoms with Gasteiger partial charge in [-0.1, -0.05) is 39.8 Å². The van der Waals surface area contributed by atoms with E-state index in [0.29, 0.717) is 23.7 Å². The zero-order valence-corrected chi connectivity index (χ0v) is 12.3. The first kappa shape index (κ1) is 16.8. The molecule has 0 aliphatic carbocycles. The van der Waals surface area contributed by atoms with Crippen LogP contribution < -0.4 is 11.1 Å². The Balaban J connectivity index is 0.00000289. The largest absolute Gasteiger partial charge is 0.397 e. The number of amides is 1. The van der Waals surface area contributed by atoms with E-state index >= 15 is 0 Å². The summed E-state index contributed by atoms with van der Waals surface area (Å²) < 4.78 is 0. The predicted molar refractivity (Wildman–Crippen MR) is 80.0 cm³/mol. The predicted octanol–water partition coefficient (Wildman–Crippen LogP) is 3.70. The van der Waals surface area contributed by atoms with Gasteiger partial charge in [0, 0.05) is 6.42 Å². The van der Waals surface area contributed by atoms with E-state index in [2.05, 4.69) is 33.0 Å². The molecule has 102 valence electrons. The summed E-state index contributed by atoms with van der Waals surface area (Å²) in [5, 5.41) is 2.85. The maximum Gasteiger partial charge on any atom is 0.224 e. The fraction of sp³-hybridized carbons (Fsp3) is 0.500. The molecule has 0 heterocycles. The van der Waals surface area contributed by atoms with Gasteiger partial charge in [-0.15, -0.1) is 12.4 Å². The van der Waals surface area contributed by atoms with E-state index in [0.717, 1.165) is 0 Å². The van der Waals surface area contributed by atoms with Gasteiger partial charge in [-0.25, -0.2) is 0 Å². The van der Waals surface area contributed by atoms with Crippen LogP contribution in [0.4, 0.5) is 11.4 Å². The third-order valence-corrected chi connectivity index (χ3v) is 3.20. The van der Waals surface area contributed by atoms with Gasteiger partial charge in [0.15, 0.2) is 0 Å². The standard InChI is InChI=1S/C14H22N2O.ClH/c1-10(14(2,3)4)9-13(17)16-12-8-6-5-7-11(12)15;/h5-8,10H,9,15H2,1-4H3,(H,16,17);1H. The van der Waals surface area contributed by atoms with Crippen molar-refractivity contribution in [2.45, 2.75) is 34.1 Å². The molecule has 0 fully saturated rings. The van der Waals surface area contributed by atoms with Gasteiger partial charge in [0.2, 0.25) is 5.91 Å². The molecular weight excluding hydrogens is 248 g/mol. The summed E-state index contributed by atoms with van der Waals surface area (Å²) in [6.45, 7) is 8.51. The second-order valence-electron chi connectivity index (χ2n) is 5.61. The fourth-order valence-corrected chi connectivity index (χ4v) is 1.40. The van der Waals surface area contributed by atoms with Crippen molar-refractivity contribution in [2.75, 3.05) is 11.1 Å². The highest BCUT2D eigenvalue weighted by Gasteiger charge is 2.22. The maximum absolute atomic E-state index is 11.9. The molecule has 1 unspecified atom stereocenters. The van der Waals surface area contributed by atoms with E-state index in [1.165, 1.54) is 0 Å². The van der Waals surface area contributed by atoms with Gasteiger partial charge in [0.1, 0.15) is 0 Å². The Hall–Kier alpha value is -1.22. The molecule has 0 radical (unpaired) electrons. The first-order valence-electron chi connectivity index (χ1n) is 5.95. The van der Waals surface area contributed by atoms with Crippen molar-refractivity contribution in [1.82, 2.24) is 0 Å². The molecule has 1 rings (SSSR count). The quantitative estimate of drug-likeness (QED) is 0.823. The molecule has 3 N–H and O–H groups in total. The number of para-hydroxylation sites is 2. The first-order chi connectivity index (χ1) is 7.80. The van der Waals surface area contributed by atoms with Crippen LogP contribution in [0.2, 0.25) is 0 Å². The van der Waals surface area contributed by atoms with Gasteiger partial charge in [-0.3, -0.25) is 4.79 Å². The smallest absolute Gasteiger partial charge is 0.224 e. The molecule has 0 saturated heterocycles. The molecule has 0 saturated carbocycles. The molecule has 1 amide bonds. The van der Waals surface area contributed by atoms with E-state index in [9.17, 15) is 4.79 Å². The Kier molecular flexibility index (Phi) is 6.19. The zero-order chi connectivity index (χ0) is 13.1. The summed E-state index contributed by atoms with van der Waals surface area (Å²) in [7, 11) is 0. The molecule has 0 spiro atoms. The van der Waals surface area contributed by atoms with Crippen LogP contribution in [0.25, 0.3) is 0 Å². The molecule has 4 heteroatoms. The number of nitrogens with one attached hydrogen (secondary N) is 1. The summed E-state index contributed by atoms with van der Waals surface area (Å²) in [5.74, 6) is 0.345. The number of anilines is 2. The number of rotatable bonds is 3. The molecule has 1 atom stereocenters. The van der Waals surface area contributed by atoms with Crippen LogP contribution in [0.1, 0.15) is 34.1 Å². The van der Waals surface area contributed by atoms with Gasteiger partial charge < -0.3 is 11.1 Å². The Morgan fingerprint density at radius 2 is 1.89 bits per heavy atom. The lowest BCUT2D eigenvalue weighted by molar-refractivity contribution is -0.117. The number of carbonyl (C=O) groups is 1. The summed E-state index contributed by atoms with van der Waals surface area (Å²) in [4.78, 5) is 11.9. The highest BCUT2D eigenvalue weighted by molar-refractivity contribution is 5.93. The van der Waals surface area contributed by atoms with Crippen molar-refractivity contribution in [1.29, 1.82) is 0 Å². The topological polar surface area (TPSA) is 55.1 Å². The Labute approximate surface area is 116 Å². The van der Waals surface area contributed by atoms with E-state index in [-0.39, 0.29) is 23.7 Å². The average molecular weight is 271 g/mol. The van der Waals surface area contributed by atoms with Crippen LogP contribution in [0.5, 0.6) is 0 Å². The van der Waals surface area contributed by atoms with Crippen LogP contribution in [-0.4, -0.2) is 5.91 Å². The third kappa shape index (κ3) is 4.96. The molecule has 0 bridgehead atoms. The molecule has 0 aliphatic heterocycles. The zero-order valence-electron chi connectivity index (χ0n) is 11.5. The summed E-state index contributed by atoms with van der Waals surface area (Å²) in [6, 6.07) is 7.31. The molecule has 18 heavy (non-hydrogen) atoms. The minimum absolute atomic E-state index is 0. The number of nitrogen functional groups attached to an aromatic ring is 1. The Bertz CT molecular complexity index is 399. The van der Waals surface area contributed by atoms with E-state index < -0.39 is 0 Å². The summed E-state index contributed by atoms with van der Waals surface area (Å²) >= 11 is 0. The van der Waals surface area contributed by atoms with Crippen LogP contribution in [0.15, 0.2) is 24.3 Å². The van der Waals surface area contributed by atoms with Crippen LogP contribution >= 0.6 is 12.4 Å². The minimum Gasteiger partial charge on any atom is -0.397 e. The van der Waals surface area contributed by atoms with E-state index in [1.54, 1.807) is 6.07 Å². The number of carbonyl (C=O) groups excluding carboxylic acids is 1. The van der Waals surface area contributed by atoms with Gasteiger partial charge in [0.25, 0.3) is 0 Å². The number of nitrogens with two attached hydrogens (primary N) is 1. The molecule has 0 aromatic heterocycles. The van der Waals surface area contributed by atoms with E-state index in [1.807, 2.05) is 18.2 Å². The van der Waals surface area contributed by atoms with Crippen molar-refractivity contribution in [3.05, 3.63) is 24.3 Å². The molecule has 3 nitrogen and oxygen atoms in total. The second kappa shape index (κ2) is 6.64. The van der Waals surface area contributed by atoms with Crippen molar-refractivity contribution in [3.8, 4) is 0 Å². The van der Waals surface area contributed by atoms with Gasteiger partial charge in [-0.05, 0) is 23.5 Å². The van der Waals surface area contributed by atoms with Gasteiger partial charge in [0.05, 0.1) is 11.4 Å². The van der Waals surface area contributed by atoms with Crippen molar-refractivity contribution >= 4 is 29.7 Å². The number of halogens is 1. The van der Waals surface area contributed by atoms with Crippen molar-refractivity contribution in [2.24, 2.45) is 11.3 Å². The van der Waals surface area contributed by atoms with Crippen LogP contribution in [0, 0.1) is 11.3 Å². The minimum atomic E-state index is 0. The monoisotopic (exact) mass is 270 g/mol. The van der Waals surface area contributed by atoms with Crippen LogP contribution in [0.3, 0.4) is 0 Å². The number of hydrogen-bond donors (Lipinski definition) is 2. The second-order valence-corrected chi connectivity index (χ2v) is 5.61. The molecule has 1 aromatic rings. The summed E-state index contributed by atoms with van der Waals surface area (Å²) in [5.41, 5.74) is 7.20. The molecular formula is C14H23ClN2O. The molecule has 1 aromatic carbocycles. The Morgan fingerprint density at radius 1 is 1.33 bits per heavy atom. The molecule has 0 aliphatic rings. The third-order valence-electron chi connectivity index (χ3n) is 3.20. The lowest BCUT2D eigenvalue weighted by Gasteiger charge is -2.26. The highest BCUT2D eigenvalue weighted by atomic mass is 35.5. The maximum atomic E-state index is 11.9. The van der Waals surface area contributed by atoms with Crippen LogP contribution in [-0.2, 0) is 4.79 Å². The highest BCUT2D eigenvalue weighted by Crippen LogP contribution is 2.28. The lowest BCUT2D eigenvalue weighted by Crippen LogP contribution is -2.24. The number of benzene rings is 1. The SMILES string of the molecule is CC(CC(=O)Nc1ccccc1N)C(C)(C)C.Cl. The first-order valence-corrected chi connectivity index (χ1v) is 5.95. The average Bonchev–Trinajstić information content (AvgIpc) is 2.20. The lowest BCUT2D eigenvalue weighted by atomic mass is 9.80. The van der Waals surface area contributed by atoms with Gasteiger partial charge >= 0.3 is 0 Å². The van der Waals surface area contributed by atoms with E-state index in [4.69, 9.17) is 5.73 Å². The van der Waals surface area contributed by atoms with Crippen molar-refractivity contribution < 1.29 is 4.79 Å². The summed E-state index contributed by atoms with van der Waals surface area (Å²) in [6.07, 6.45) is 0.512. The van der Waals surface area contributed by atoms with Crippen molar-refractivity contribution in [3.63, 3.8) is 0 Å². The fourth-order valence-electron chi connectivity index (χ4n) is 1.40. The number of hydrogen-bond acceptors (Lipinski definition) is 2. The Morgan fingerprint density at radius 3 is 2.39 bits per heavy atom. The van der Waals surface area contributed by atoms with Gasteiger partial charge in [-0.2, -0.15) is 0 Å². The normalized spacial score (nSPS) is 12.4.